The van der Waals surface area contributed by atoms with Gasteiger partial charge in [0.2, 0.25) is 0 Å². The first-order chi connectivity index (χ1) is 8.08. The molecule has 1 amide bonds. The molecule has 1 aromatic heterocycles. The summed E-state index contributed by atoms with van der Waals surface area (Å²) < 4.78 is 1.03. The number of amides is 1. The minimum absolute atomic E-state index is 0.00846. The molecular weight excluding hydrogens is 300 g/mol. The Morgan fingerprint density at radius 2 is 1.94 bits per heavy atom. The van der Waals surface area contributed by atoms with Gasteiger partial charge in [-0.2, -0.15) is 0 Å². The van der Waals surface area contributed by atoms with Crippen molar-refractivity contribution in [2.45, 2.75) is 0 Å². The number of aromatic nitrogens is 1. The van der Waals surface area contributed by atoms with Crippen LogP contribution in [-0.4, -0.2) is 29.9 Å². The van der Waals surface area contributed by atoms with Gasteiger partial charge >= 0.3 is 0 Å². The van der Waals surface area contributed by atoms with Crippen LogP contribution in [0.1, 0.15) is 9.67 Å². The Bertz CT molecular complexity index is 534. The van der Waals surface area contributed by atoms with E-state index in [1.807, 2.05) is 24.3 Å². The van der Waals surface area contributed by atoms with E-state index in [9.17, 15) is 4.79 Å². The number of hydrogen-bond donors (Lipinski definition) is 0. The molecule has 5 heteroatoms. The van der Waals surface area contributed by atoms with Crippen LogP contribution in [0.15, 0.2) is 34.9 Å². The van der Waals surface area contributed by atoms with Gasteiger partial charge in [0.05, 0.1) is 6.20 Å². The molecule has 2 aromatic rings. The molecule has 0 aliphatic rings. The smallest absolute Gasteiger partial charge is 0.265 e. The van der Waals surface area contributed by atoms with Gasteiger partial charge < -0.3 is 4.90 Å². The summed E-state index contributed by atoms with van der Waals surface area (Å²) in [7, 11) is 3.47. The van der Waals surface area contributed by atoms with Crippen molar-refractivity contribution >= 4 is 33.2 Å². The van der Waals surface area contributed by atoms with Crippen LogP contribution in [-0.2, 0) is 0 Å². The largest absolute Gasteiger partial charge is 0.344 e. The van der Waals surface area contributed by atoms with Crippen LogP contribution in [0.4, 0.5) is 0 Å². The van der Waals surface area contributed by atoms with Crippen LogP contribution in [0.5, 0.6) is 0 Å². The zero-order valence-corrected chi connectivity index (χ0v) is 11.9. The number of hydrogen-bond acceptors (Lipinski definition) is 3. The second-order valence-electron chi connectivity index (χ2n) is 3.74. The highest BCUT2D eigenvalue weighted by molar-refractivity contribution is 9.10. The van der Waals surface area contributed by atoms with Crippen LogP contribution in [0.2, 0.25) is 0 Å². The van der Waals surface area contributed by atoms with Crippen LogP contribution in [0.3, 0.4) is 0 Å². The lowest BCUT2D eigenvalue weighted by Crippen LogP contribution is -2.20. The minimum atomic E-state index is -0.00846. The van der Waals surface area contributed by atoms with E-state index >= 15 is 0 Å². The van der Waals surface area contributed by atoms with E-state index in [1.165, 1.54) is 11.3 Å². The Labute approximate surface area is 112 Å². The molecule has 0 spiro atoms. The van der Waals surface area contributed by atoms with Crippen molar-refractivity contribution in [3.8, 4) is 10.6 Å². The normalized spacial score (nSPS) is 10.3. The highest BCUT2D eigenvalue weighted by atomic mass is 79.9. The first-order valence-corrected chi connectivity index (χ1v) is 6.62. The summed E-state index contributed by atoms with van der Waals surface area (Å²) in [5.41, 5.74) is 1.02. The molecule has 2 rings (SSSR count). The van der Waals surface area contributed by atoms with E-state index < -0.39 is 0 Å². The number of benzene rings is 1. The third-order valence-electron chi connectivity index (χ3n) is 2.21. The lowest BCUT2D eigenvalue weighted by Gasteiger charge is -2.06. The van der Waals surface area contributed by atoms with Crippen molar-refractivity contribution in [1.29, 1.82) is 0 Å². The van der Waals surface area contributed by atoms with Crippen molar-refractivity contribution < 1.29 is 4.79 Å². The molecule has 0 saturated carbocycles. The molecule has 0 saturated heterocycles. The Kier molecular flexibility index (Phi) is 3.59. The fraction of sp³-hybridized carbons (Fsp3) is 0.167. The predicted molar refractivity (Wildman–Crippen MR) is 73.3 cm³/mol. The number of halogens is 1. The maximum atomic E-state index is 11.7. The molecule has 3 nitrogen and oxygen atoms in total. The first kappa shape index (κ1) is 12.3. The molecule has 1 aromatic carbocycles. The van der Waals surface area contributed by atoms with Crippen molar-refractivity contribution in [2.75, 3.05) is 14.1 Å². The Hall–Kier alpha value is -1.20. The van der Waals surface area contributed by atoms with Crippen molar-refractivity contribution in [3.63, 3.8) is 0 Å². The van der Waals surface area contributed by atoms with Gasteiger partial charge in [-0.3, -0.25) is 4.79 Å². The maximum absolute atomic E-state index is 11.7. The molecule has 1 heterocycles. The van der Waals surface area contributed by atoms with Crippen molar-refractivity contribution in [3.05, 3.63) is 39.8 Å². The summed E-state index contributed by atoms with van der Waals surface area (Å²) in [6.07, 6.45) is 1.63. The minimum Gasteiger partial charge on any atom is -0.344 e. The SMILES string of the molecule is CN(C)C(=O)c1cnc(-c2ccc(Br)cc2)s1. The van der Waals surface area contributed by atoms with Gasteiger partial charge in [0.15, 0.2) is 0 Å². The zero-order chi connectivity index (χ0) is 12.4. The number of nitrogens with zero attached hydrogens (tertiary/aromatic N) is 2. The lowest BCUT2D eigenvalue weighted by molar-refractivity contribution is 0.0832. The maximum Gasteiger partial charge on any atom is 0.265 e. The van der Waals surface area contributed by atoms with Gasteiger partial charge in [-0.05, 0) is 12.1 Å². The average Bonchev–Trinajstić information content (AvgIpc) is 2.78. The van der Waals surface area contributed by atoms with E-state index in [0.717, 1.165) is 15.0 Å². The number of thiazole rings is 1. The summed E-state index contributed by atoms with van der Waals surface area (Å²) >= 11 is 4.80. The monoisotopic (exact) mass is 310 g/mol. The molecule has 0 aliphatic carbocycles. The van der Waals surface area contributed by atoms with Gasteiger partial charge in [-0.15, -0.1) is 11.3 Å². The van der Waals surface area contributed by atoms with Crippen molar-refractivity contribution in [1.82, 2.24) is 9.88 Å². The Morgan fingerprint density at radius 3 is 2.53 bits per heavy atom. The zero-order valence-electron chi connectivity index (χ0n) is 9.48. The summed E-state index contributed by atoms with van der Waals surface area (Å²) in [5, 5.41) is 0.864. The highest BCUT2D eigenvalue weighted by Crippen LogP contribution is 2.26. The van der Waals surface area contributed by atoms with E-state index in [2.05, 4.69) is 20.9 Å². The number of carbonyl (C=O) groups excluding carboxylic acids is 1. The van der Waals surface area contributed by atoms with E-state index in [-0.39, 0.29) is 5.91 Å². The molecule has 0 atom stereocenters. The molecule has 0 unspecified atom stereocenters. The van der Waals surface area contributed by atoms with Crippen LogP contribution in [0, 0.1) is 0 Å². The van der Waals surface area contributed by atoms with Gasteiger partial charge in [0.25, 0.3) is 5.91 Å². The molecule has 17 heavy (non-hydrogen) atoms. The summed E-state index contributed by atoms with van der Waals surface area (Å²) in [5.74, 6) is -0.00846. The van der Waals surface area contributed by atoms with Crippen LogP contribution >= 0.6 is 27.3 Å². The molecule has 0 bridgehead atoms. The van der Waals surface area contributed by atoms with Gasteiger partial charge in [-0.1, -0.05) is 28.1 Å². The van der Waals surface area contributed by atoms with Crippen molar-refractivity contribution in [2.24, 2.45) is 0 Å². The Balaban J connectivity index is 2.30. The second kappa shape index (κ2) is 4.98. The fourth-order valence-corrected chi connectivity index (χ4v) is 2.53. The third-order valence-corrected chi connectivity index (χ3v) is 3.78. The highest BCUT2D eigenvalue weighted by Gasteiger charge is 2.12. The number of rotatable bonds is 2. The van der Waals surface area contributed by atoms with Gasteiger partial charge in [0, 0.05) is 24.1 Å². The lowest BCUT2D eigenvalue weighted by atomic mass is 10.2. The molecule has 0 radical (unpaired) electrons. The van der Waals surface area contributed by atoms with Crippen LogP contribution in [0.25, 0.3) is 10.6 Å². The van der Waals surface area contributed by atoms with E-state index in [4.69, 9.17) is 0 Å². The number of carbonyl (C=O) groups is 1. The molecule has 0 N–H and O–H groups in total. The van der Waals surface area contributed by atoms with Gasteiger partial charge in [0.1, 0.15) is 9.88 Å². The third kappa shape index (κ3) is 2.73. The van der Waals surface area contributed by atoms with Crippen LogP contribution < -0.4 is 0 Å². The van der Waals surface area contributed by atoms with Gasteiger partial charge in [-0.25, -0.2) is 4.98 Å². The predicted octanol–water partition coefficient (Wildman–Crippen LogP) is 3.27. The molecular formula is C12H11BrN2OS. The molecule has 88 valence electrons. The first-order valence-electron chi connectivity index (χ1n) is 5.01. The molecule has 0 fully saturated rings. The molecule has 0 aliphatic heterocycles. The summed E-state index contributed by atoms with van der Waals surface area (Å²) in [6.45, 7) is 0. The Morgan fingerprint density at radius 1 is 1.29 bits per heavy atom. The van der Waals surface area contributed by atoms with E-state index in [0.29, 0.717) is 4.88 Å². The average molecular weight is 311 g/mol. The summed E-state index contributed by atoms with van der Waals surface area (Å²) in [4.78, 5) is 18.2. The topological polar surface area (TPSA) is 33.2 Å². The second-order valence-corrected chi connectivity index (χ2v) is 5.68. The standard InChI is InChI=1S/C12H11BrN2OS/c1-15(2)12(16)10-7-14-11(17-10)8-3-5-9(13)6-4-8/h3-7H,1-2H3. The summed E-state index contributed by atoms with van der Waals surface area (Å²) in [6, 6.07) is 7.88. The van der Waals surface area contributed by atoms with E-state index in [1.54, 1.807) is 25.2 Å². The fourth-order valence-electron chi connectivity index (χ4n) is 1.32. The quantitative estimate of drug-likeness (QED) is 0.853.